The van der Waals surface area contributed by atoms with Gasteiger partial charge in [0.15, 0.2) is 5.92 Å². The highest BCUT2D eigenvalue weighted by Crippen LogP contribution is 2.25. The Morgan fingerprint density at radius 1 is 0.889 bits per heavy atom. The first kappa shape index (κ1) is 16.7. The molecule has 0 amide bonds. The molecule has 1 unspecified atom stereocenters. The third kappa shape index (κ3) is 4.90. The molecule has 0 heterocycles. The lowest BCUT2D eigenvalue weighted by atomic mass is 9.82. The van der Waals surface area contributed by atoms with Crippen molar-refractivity contribution < 1.29 is 19.1 Å². The predicted molar refractivity (Wildman–Crippen MR) is 69.8 cm³/mol. The number of carbonyl (C=O) groups excluding carboxylic acids is 2. The van der Waals surface area contributed by atoms with E-state index >= 15 is 0 Å². The van der Waals surface area contributed by atoms with Crippen LogP contribution in [-0.4, -0.2) is 26.2 Å². The van der Waals surface area contributed by atoms with Gasteiger partial charge < -0.3 is 9.47 Å². The summed E-state index contributed by atoms with van der Waals surface area (Å²) in [6, 6.07) is 0. The Bertz CT molecular complexity index is 289. The fourth-order valence-electron chi connectivity index (χ4n) is 1.73. The molecule has 0 spiro atoms. The number of carbonyl (C=O) groups is 2. The highest BCUT2D eigenvalue weighted by molar-refractivity contribution is 5.95. The largest absolute Gasteiger partial charge is 0.468 e. The zero-order valence-corrected chi connectivity index (χ0v) is 12.1. The summed E-state index contributed by atoms with van der Waals surface area (Å²) in [5.74, 6) is -1.70. The maximum atomic E-state index is 11.7. The first-order valence-electron chi connectivity index (χ1n) is 6.19. The second-order valence-electron chi connectivity index (χ2n) is 4.97. The van der Waals surface area contributed by atoms with Crippen molar-refractivity contribution in [2.75, 3.05) is 14.2 Å². The molecule has 4 nitrogen and oxygen atoms in total. The van der Waals surface area contributed by atoms with Crippen molar-refractivity contribution in [1.82, 2.24) is 0 Å². The topological polar surface area (TPSA) is 52.6 Å². The van der Waals surface area contributed by atoms with Gasteiger partial charge in [0.05, 0.1) is 14.2 Å². The van der Waals surface area contributed by atoms with Gasteiger partial charge in [-0.15, -0.1) is 0 Å². The molecule has 0 aliphatic heterocycles. The molecular weight excluding hydrogens is 232 g/mol. The number of ether oxygens (including phenoxy) is 2. The Morgan fingerprint density at radius 2 is 1.33 bits per heavy atom. The zero-order valence-electron chi connectivity index (χ0n) is 12.1. The summed E-state index contributed by atoms with van der Waals surface area (Å²) in [5.41, 5.74) is 0. The minimum absolute atomic E-state index is 0.142. The number of methoxy groups -OCH3 is 2. The molecule has 0 N–H and O–H groups in total. The van der Waals surface area contributed by atoms with Crippen molar-refractivity contribution in [3.63, 3.8) is 0 Å². The summed E-state index contributed by atoms with van der Waals surface area (Å²) in [6.45, 7) is 8.01. The van der Waals surface area contributed by atoms with Gasteiger partial charge in [-0.2, -0.15) is 0 Å². The minimum Gasteiger partial charge on any atom is -0.468 e. The van der Waals surface area contributed by atoms with Crippen LogP contribution in [0.15, 0.2) is 12.2 Å². The van der Waals surface area contributed by atoms with Gasteiger partial charge in [-0.3, -0.25) is 9.59 Å². The van der Waals surface area contributed by atoms with Crippen LogP contribution >= 0.6 is 0 Å². The maximum absolute atomic E-state index is 11.7. The zero-order chi connectivity index (χ0) is 14.3. The first-order valence-corrected chi connectivity index (χ1v) is 6.19. The van der Waals surface area contributed by atoms with Crippen LogP contribution in [0.4, 0.5) is 0 Å². The van der Waals surface area contributed by atoms with Crippen LogP contribution in [0.2, 0.25) is 0 Å². The van der Waals surface area contributed by atoms with E-state index in [1.54, 1.807) is 0 Å². The molecular formula is C14H24O4. The predicted octanol–water partition coefficient (Wildman–Crippen LogP) is 2.43. The Kier molecular flexibility index (Phi) is 7.32. The van der Waals surface area contributed by atoms with Gasteiger partial charge in [-0.05, 0) is 11.8 Å². The smallest absolute Gasteiger partial charge is 0.320 e. The van der Waals surface area contributed by atoms with E-state index in [0.717, 1.165) is 0 Å². The van der Waals surface area contributed by atoms with Gasteiger partial charge in [0.25, 0.3) is 0 Å². The lowest BCUT2D eigenvalue weighted by Gasteiger charge is -2.24. The molecule has 1 atom stereocenters. The molecule has 0 aromatic rings. The van der Waals surface area contributed by atoms with Crippen molar-refractivity contribution in [1.29, 1.82) is 0 Å². The molecule has 0 aliphatic rings. The number of hydrogen-bond acceptors (Lipinski definition) is 4. The minimum atomic E-state index is -0.894. The molecule has 0 aliphatic carbocycles. The highest BCUT2D eigenvalue weighted by atomic mass is 16.5. The van der Waals surface area contributed by atoms with Crippen LogP contribution in [0.25, 0.3) is 0 Å². The van der Waals surface area contributed by atoms with Crippen LogP contribution < -0.4 is 0 Å². The van der Waals surface area contributed by atoms with E-state index in [-0.39, 0.29) is 11.8 Å². The molecule has 0 saturated carbocycles. The number of hydrogen-bond donors (Lipinski definition) is 0. The van der Waals surface area contributed by atoms with Crippen LogP contribution in [0.3, 0.4) is 0 Å². The fourth-order valence-corrected chi connectivity index (χ4v) is 1.73. The SMILES string of the molecule is COC(=O)C(C(=O)OC)C(/C=C/C(C)C)C(C)C. The quantitative estimate of drug-likeness (QED) is 0.416. The van der Waals surface area contributed by atoms with Gasteiger partial charge in [-0.25, -0.2) is 0 Å². The fraction of sp³-hybridized carbons (Fsp3) is 0.714. The van der Waals surface area contributed by atoms with E-state index in [4.69, 9.17) is 9.47 Å². The van der Waals surface area contributed by atoms with Crippen LogP contribution in [0.5, 0.6) is 0 Å². The Labute approximate surface area is 109 Å². The van der Waals surface area contributed by atoms with Crippen LogP contribution in [0.1, 0.15) is 27.7 Å². The average Bonchev–Trinajstić information content (AvgIpc) is 2.31. The van der Waals surface area contributed by atoms with Crippen molar-refractivity contribution in [2.45, 2.75) is 27.7 Å². The lowest BCUT2D eigenvalue weighted by molar-refractivity contribution is -0.161. The molecule has 0 radical (unpaired) electrons. The molecule has 0 bridgehead atoms. The van der Waals surface area contributed by atoms with E-state index in [1.165, 1.54) is 14.2 Å². The van der Waals surface area contributed by atoms with Gasteiger partial charge in [0.2, 0.25) is 0 Å². The number of esters is 2. The van der Waals surface area contributed by atoms with Gasteiger partial charge in [0.1, 0.15) is 0 Å². The van der Waals surface area contributed by atoms with Crippen molar-refractivity contribution in [3.05, 3.63) is 12.2 Å². The van der Waals surface area contributed by atoms with Gasteiger partial charge in [0, 0.05) is 5.92 Å². The Balaban J connectivity index is 5.22. The number of allylic oxidation sites excluding steroid dienone is 2. The molecule has 0 fully saturated rings. The summed E-state index contributed by atoms with van der Waals surface area (Å²) in [7, 11) is 2.56. The first-order chi connectivity index (χ1) is 8.34. The molecule has 18 heavy (non-hydrogen) atoms. The van der Waals surface area contributed by atoms with E-state index in [1.807, 2.05) is 39.8 Å². The summed E-state index contributed by atoms with van der Waals surface area (Å²) in [5, 5.41) is 0. The summed E-state index contributed by atoms with van der Waals surface area (Å²) >= 11 is 0. The molecule has 0 aromatic carbocycles. The van der Waals surface area contributed by atoms with E-state index in [9.17, 15) is 9.59 Å². The molecule has 104 valence electrons. The second kappa shape index (κ2) is 7.90. The van der Waals surface area contributed by atoms with Crippen molar-refractivity contribution >= 4 is 11.9 Å². The second-order valence-corrected chi connectivity index (χ2v) is 4.97. The maximum Gasteiger partial charge on any atom is 0.320 e. The third-order valence-corrected chi connectivity index (χ3v) is 2.78. The monoisotopic (exact) mass is 256 g/mol. The standard InChI is InChI=1S/C14H24O4/c1-9(2)7-8-11(10(3)4)12(13(15)17-5)14(16)18-6/h7-12H,1-6H3/b8-7+. The van der Waals surface area contributed by atoms with E-state index in [2.05, 4.69) is 0 Å². The van der Waals surface area contributed by atoms with Crippen LogP contribution in [0, 0.1) is 23.7 Å². The average molecular weight is 256 g/mol. The van der Waals surface area contributed by atoms with Crippen LogP contribution in [-0.2, 0) is 19.1 Å². The molecule has 0 aromatic heterocycles. The number of rotatable bonds is 6. The van der Waals surface area contributed by atoms with Crippen molar-refractivity contribution in [2.24, 2.45) is 23.7 Å². The molecule has 0 rings (SSSR count). The van der Waals surface area contributed by atoms with E-state index < -0.39 is 17.9 Å². The van der Waals surface area contributed by atoms with Gasteiger partial charge in [-0.1, -0.05) is 39.8 Å². The Morgan fingerprint density at radius 3 is 1.61 bits per heavy atom. The summed E-state index contributed by atoms with van der Waals surface area (Å²) in [6.07, 6.45) is 3.90. The van der Waals surface area contributed by atoms with Gasteiger partial charge >= 0.3 is 11.9 Å². The van der Waals surface area contributed by atoms with Crippen molar-refractivity contribution in [3.8, 4) is 0 Å². The summed E-state index contributed by atoms with van der Waals surface area (Å²) < 4.78 is 9.40. The molecule has 0 saturated heterocycles. The highest BCUT2D eigenvalue weighted by Gasteiger charge is 2.37. The Hall–Kier alpha value is -1.32. The molecule has 4 heteroatoms. The normalized spacial score (nSPS) is 13.4. The lowest BCUT2D eigenvalue weighted by Crippen LogP contribution is -2.35. The summed E-state index contributed by atoms with van der Waals surface area (Å²) in [4.78, 5) is 23.5. The van der Waals surface area contributed by atoms with E-state index in [0.29, 0.717) is 5.92 Å². The third-order valence-electron chi connectivity index (χ3n) is 2.78.